The molecular formula is C33H38F2N8O2Si. The smallest absolute Gasteiger partial charge is 0.318 e. The standard InChI is InChI=1S/C33H38F2N8O2Si/c1-22(40(2)24-8-9-24)46-21-45-33-38-28-20-41(29-18-37-17-23-5-3-6-27(35)31(23)29)14-11-26(28)32(39-33)42-15-16-43(25(19-42)10-13-36)30(44)7-4-12-34/h3-7,17-18,22,24-25H,8-12,14-16,19-21H2,1-2H3/b7-4+/t22-,25+/m1/s1. The SMILES string of the molecule is C[C@@H]([Si]COc1nc2c(c(N3CCN(C(=O)/C=C/CF)[C@@H](CC#N)C3)n1)CCN(c1cncc3cccc(F)c13)C2)N(C)C1CC1. The van der Waals surface area contributed by atoms with Crippen LogP contribution in [-0.4, -0.2) is 104 Å². The summed E-state index contributed by atoms with van der Waals surface area (Å²) >= 11 is 0. The van der Waals surface area contributed by atoms with Crippen LogP contribution in [0.15, 0.2) is 42.7 Å². The number of allylic oxidation sites excluding steroid dienone is 1. The number of fused-ring (bicyclic) bond motifs is 2. The number of halogens is 2. The molecule has 2 radical (unpaired) electrons. The van der Waals surface area contributed by atoms with Crippen LogP contribution >= 0.6 is 0 Å². The van der Waals surface area contributed by atoms with E-state index in [1.807, 2.05) is 6.07 Å². The van der Waals surface area contributed by atoms with Gasteiger partial charge in [-0.25, -0.2) is 8.78 Å². The van der Waals surface area contributed by atoms with Gasteiger partial charge in [0, 0.05) is 66.5 Å². The summed E-state index contributed by atoms with van der Waals surface area (Å²) < 4.78 is 34.0. The van der Waals surface area contributed by atoms with E-state index < -0.39 is 6.67 Å². The molecule has 46 heavy (non-hydrogen) atoms. The summed E-state index contributed by atoms with van der Waals surface area (Å²) in [6.07, 6.45) is 9.53. The van der Waals surface area contributed by atoms with Gasteiger partial charge < -0.3 is 24.3 Å². The van der Waals surface area contributed by atoms with Gasteiger partial charge in [0.15, 0.2) is 0 Å². The molecule has 2 aliphatic heterocycles. The maximum atomic E-state index is 15.1. The van der Waals surface area contributed by atoms with Gasteiger partial charge in [0.1, 0.15) is 27.8 Å². The summed E-state index contributed by atoms with van der Waals surface area (Å²) in [7, 11) is 2.71. The Morgan fingerprint density at radius 1 is 1.24 bits per heavy atom. The molecule has 1 saturated carbocycles. The van der Waals surface area contributed by atoms with E-state index in [1.165, 1.54) is 31.1 Å². The lowest BCUT2D eigenvalue weighted by atomic mass is 10.0. The Kier molecular flexibility index (Phi) is 9.74. The molecule has 0 N–H and O–H groups in total. The molecule has 4 heterocycles. The zero-order chi connectivity index (χ0) is 32.2. The molecule has 10 nitrogen and oxygen atoms in total. The molecule has 2 atom stereocenters. The van der Waals surface area contributed by atoms with Crippen LogP contribution < -0.4 is 14.5 Å². The summed E-state index contributed by atoms with van der Waals surface area (Å²) in [5.41, 5.74) is 2.88. The van der Waals surface area contributed by atoms with Crippen LogP contribution in [-0.2, 0) is 17.8 Å². The molecule has 1 saturated heterocycles. The number of pyridine rings is 1. The second-order valence-electron chi connectivity index (χ2n) is 12.0. The van der Waals surface area contributed by atoms with Crippen LogP contribution in [0.2, 0.25) is 0 Å². The van der Waals surface area contributed by atoms with Gasteiger partial charge in [-0.2, -0.15) is 15.2 Å². The van der Waals surface area contributed by atoms with Crippen LogP contribution in [0.25, 0.3) is 10.8 Å². The normalized spacial score (nSPS) is 19.0. The van der Waals surface area contributed by atoms with E-state index in [9.17, 15) is 14.4 Å². The number of nitrogens with zero attached hydrogens (tertiary/aromatic N) is 8. The summed E-state index contributed by atoms with van der Waals surface area (Å²) in [6, 6.07) is 7.78. The van der Waals surface area contributed by atoms with Gasteiger partial charge in [0.05, 0.1) is 48.9 Å². The van der Waals surface area contributed by atoms with Gasteiger partial charge >= 0.3 is 6.01 Å². The van der Waals surface area contributed by atoms with E-state index in [4.69, 9.17) is 14.7 Å². The zero-order valence-electron chi connectivity index (χ0n) is 26.2. The minimum absolute atomic E-state index is 0.142. The van der Waals surface area contributed by atoms with Crippen molar-refractivity contribution in [3.63, 3.8) is 0 Å². The molecule has 0 unspecified atom stereocenters. The molecule has 2 fully saturated rings. The van der Waals surface area contributed by atoms with Crippen molar-refractivity contribution in [2.45, 2.75) is 56.9 Å². The lowest BCUT2D eigenvalue weighted by molar-refractivity contribution is -0.128. The fourth-order valence-corrected chi connectivity index (χ4v) is 7.31. The van der Waals surface area contributed by atoms with E-state index in [0.717, 1.165) is 22.5 Å². The Labute approximate surface area is 270 Å². The third-order valence-electron chi connectivity index (χ3n) is 9.13. The first kappa shape index (κ1) is 31.8. The van der Waals surface area contributed by atoms with Gasteiger partial charge in [-0.3, -0.25) is 9.78 Å². The van der Waals surface area contributed by atoms with Crippen LogP contribution in [0, 0.1) is 17.1 Å². The Morgan fingerprint density at radius 2 is 2.09 bits per heavy atom. The molecule has 3 aromatic rings. The number of aromatic nitrogens is 3. The van der Waals surface area contributed by atoms with Crippen LogP contribution in [0.4, 0.5) is 20.3 Å². The number of carbonyl (C=O) groups is 1. The van der Waals surface area contributed by atoms with Crippen molar-refractivity contribution >= 4 is 37.7 Å². The predicted octanol–water partition coefficient (Wildman–Crippen LogP) is 3.66. The first-order valence-electron chi connectivity index (χ1n) is 15.8. The van der Waals surface area contributed by atoms with Crippen molar-refractivity contribution in [3.05, 3.63) is 59.8 Å². The van der Waals surface area contributed by atoms with Gasteiger partial charge in [-0.05, 0) is 38.5 Å². The van der Waals surface area contributed by atoms with E-state index in [0.29, 0.717) is 77.7 Å². The summed E-state index contributed by atoms with van der Waals surface area (Å²) in [6.45, 7) is 3.79. The van der Waals surface area contributed by atoms with E-state index in [1.54, 1.807) is 23.4 Å². The molecule has 1 aromatic carbocycles. The van der Waals surface area contributed by atoms with Crippen LogP contribution in [0.5, 0.6) is 6.01 Å². The number of ether oxygens (including phenoxy) is 1. The summed E-state index contributed by atoms with van der Waals surface area (Å²) in [4.78, 5) is 35.2. The number of carbonyl (C=O) groups excluding carboxylic acids is 1. The van der Waals surface area contributed by atoms with Crippen molar-refractivity contribution in [1.29, 1.82) is 5.26 Å². The second-order valence-corrected chi connectivity index (χ2v) is 13.6. The zero-order valence-corrected chi connectivity index (χ0v) is 27.2. The quantitative estimate of drug-likeness (QED) is 0.229. The highest BCUT2D eigenvalue weighted by molar-refractivity contribution is 6.37. The van der Waals surface area contributed by atoms with Crippen LogP contribution in [0.1, 0.15) is 37.4 Å². The fraction of sp³-hybridized carbons (Fsp3) is 0.485. The highest BCUT2D eigenvalue weighted by Crippen LogP contribution is 2.35. The first-order chi connectivity index (χ1) is 22.4. The van der Waals surface area contributed by atoms with Crippen molar-refractivity contribution in [2.75, 3.05) is 55.9 Å². The Hall–Kier alpha value is -4.15. The highest BCUT2D eigenvalue weighted by atomic mass is 28.2. The number of piperazine rings is 1. The molecule has 1 aliphatic carbocycles. The van der Waals surface area contributed by atoms with Crippen molar-refractivity contribution in [3.8, 4) is 12.1 Å². The van der Waals surface area contributed by atoms with Gasteiger partial charge in [-0.1, -0.05) is 19.1 Å². The number of benzene rings is 1. The first-order valence-corrected chi connectivity index (χ1v) is 17.1. The number of nitriles is 1. The maximum absolute atomic E-state index is 15.1. The predicted molar refractivity (Wildman–Crippen MR) is 173 cm³/mol. The van der Waals surface area contributed by atoms with E-state index in [2.05, 4.69) is 39.7 Å². The van der Waals surface area contributed by atoms with Gasteiger partial charge in [0.2, 0.25) is 5.91 Å². The number of anilines is 2. The average Bonchev–Trinajstić information content (AvgIpc) is 3.92. The monoisotopic (exact) mass is 644 g/mol. The number of hydrogen-bond donors (Lipinski definition) is 0. The maximum Gasteiger partial charge on any atom is 0.318 e. The molecule has 0 spiro atoms. The lowest BCUT2D eigenvalue weighted by Gasteiger charge is -2.42. The summed E-state index contributed by atoms with van der Waals surface area (Å²) in [5, 5.41) is 10.8. The number of rotatable bonds is 11. The third-order valence-corrected chi connectivity index (χ3v) is 10.4. The molecule has 0 bridgehead atoms. The number of hydrogen-bond acceptors (Lipinski definition) is 9. The molecule has 240 valence electrons. The van der Waals surface area contributed by atoms with E-state index in [-0.39, 0.29) is 30.2 Å². The van der Waals surface area contributed by atoms with Crippen molar-refractivity contribution in [1.82, 2.24) is 24.8 Å². The van der Waals surface area contributed by atoms with Gasteiger partial charge in [0.25, 0.3) is 0 Å². The Morgan fingerprint density at radius 3 is 2.87 bits per heavy atom. The average molecular weight is 645 g/mol. The van der Waals surface area contributed by atoms with E-state index >= 15 is 4.39 Å². The minimum Gasteiger partial charge on any atom is -0.468 e. The minimum atomic E-state index is -0.723. The van der Waals surface area contributed by atoms with Crippen molar-refractivity contribution < 1.29 is 18.3 Å². The number of alkyl halides is 1. The second kappa shape index (κ2) is 14.1. The Bertz CT molecular complexity index is 1640. The molecule has 6 rings (SSSR count). The molecule has 13 heteroatoms. The fourth-order valence-electron chi connectivity index (χ4n) is 6.36. The van der Waals surface area contributed by atoms with Crippen LogP contribution in [0.3, 0.4) is 0 Å². The molecular weight excluding hydrogens is 606 g/mol. The summed E-state index contributed by atoms with van der Waals surface area (Å²) in [5.74, 6) is 0.142. The van der Waals surface area contributed by atoms with Gasteiger partial charge in [-0.15, -0.1) is 0 Å². The Balaban J connectivity index is 1.29. The highest BCUT2D eigenvalue weighted by Gasteiger charge is 2.34. The largest absolute Gasteiger partial charge is 0.468 e. The third kappa shape index (κ3) is 6.83. The topological polar surface area (TPSA) is 102 Å². The lowest BCUT2D eigenvalue weighted by Crippen LogP contribution is -2.55. The number of amides is 1. The molecule has 3 aliphatic rings. The molecule has 1 amide bonds. The molecule has 2 aromatic heterocycles. The van der Waals surface area contributed by atoms with Crippen molar-refractivity contribution in [2.24, 2.45) is 0 Å².